The van der Waals surface area contributed by atoms with Crippen LogP contribution in [0.5, 0.6) is 0 Å². The molecule has 2 aromatic carbocycles. The smallest absolute Gasteiger partial charge is 0.259 e. The summed E-state index contributed by atoms with van der Waals surface area (Å²) >= 11 is 5.94. The van der Waals surface area contributed by atoms with Gasteiger partial charge < -0.3 is 10.6 Å². The largest absolute Gasteiger partial charge is 0.368 e. The summed E-state index contributed by atoms with van der Waals surface area (Å²) in [6.45, 7) is 4.60. The summed E-state index contributed by atoms with van der Waals surface area (Å²) < 4.78 is 0. The van der Waals surface area contributed by atoms with Crippen LogP contribution < -0.4 is 10.6 Å². The number of nitrogens with two attached hydrogens (primary N) is 1. The third kappa shape index (κ3) is 3.19. The molecule has 0 bridgehead atoms. The van der Waals surface area contributed by atoms with E-state index in [9.17, 15) is 14.4 Å². The van der Waals surface area contributed by atoms with Crippen LogP contribution in [-0.2, 0) is 4.79 Å². The summed E-state index contributed by atoms with van der Waals surface area (Å²) in [6, 6.07) is 10.9. The molecule has 0 radical (unpaired) electrons. The van der Waals surface area contributed by atoms with Crippen LogP contribution in [0.1, 0.15) is 38.6 Å². The van der Waals surface area contributed by atoms with Crippen LogP contribution in [0.25, 0.3) is 0 Å². The van der Waals surface area contributed by atoms with E-state index in [-0.39, 0.29) is 17.7 Å². The van der Waals surface area contributed by atoms with Crippen molar-refractivity contribution in [3.05, 3.63) is 76.8 Å². The number of anilines is 1. The van der Waals surface area contributed by atoms with E-state index in [1.165, 1.54) is 4.90 Å². The molecule has 0 saturated carbocycles. The topological polar surface area (TPSA) is 83.7 Å². The first kappa shape index (κ1) is 19.2. The molecule has 0 aliphatic carbocycles. The molecule has 0 saturated heterocycles. The Hall–Kier alpha value is -3.12. The van der Waals surface area contributed by atoms with Gasteiger partial charge in [-0.05, 0) is 48.4 Å². The van der Waals surface area contributed by atoms with Gasteiger partial charge in [-0.15, -0.1) is 6.58 Å². The summed E-state index contributed by atoms with van der Waals surface area (Å²) in [6.07, 6.45) is 2.04. The van der Waals surface area contributed by atoms with Gasteiger partial charge in [0.05, 0.1) is 0 Å². The van der Waals surface area contributed by atoms with Gasteiger partial charge in [0, 0.05) is 40.8 Å². The van der Waals surface area contributed by atoms with Gasteiger partial charge in [-0.3, -0.25) is 19.3 Å². The Bertz CT molecular complexity index is 1020. The van der Waals surface area contributed by atoms with Crippen molar-refractivity contribution in [2.75, 3.05) is 18.0 Å². The zero-order valence-corrected chi connectivity index (χ0v) is 16.4. The van der Waals surface area contributed by atoms with Gasteiger partial charge in [-0.25, -0.2) is 0 Å². The lowest BCUT2D eigenvalue weighted by Gasteiger charge is -2.44. The lowest BCUT2D eigenvalue weighted by Crippen LogP contribution is -2.54. The molecule has 2 N–H and O–H groups in total. The summed E-state index contributed by atoms with van der Waals surface area (Å²) in [7, 11) is 0. The second kappa shape index (κ2) is 7.37. The van der Waals surface area contributed by atoms with Crippen molar-refractivity contribution in [1.82, 2.24) is 4.90 Å². The molecule has 0 fully saturated rings. The number of halogens is 1. The quantitative estimate of drug-likeness (QED) is 0.788. The van der Waals surface area contributed by atoms with Gasteiger partial charge >= 0.3 is 0 Å². The van der Waals surface area contributed by atoms with Gasteiger partial charge in [-0.1, -0.05) is 23.7 Å². The molecule has 7 heteroatoms. The predicted molar refractivity (Wildman–Crippen MR) is 111 cm³/mol. The zero-order chi connectivity index (χ0) is 20.7. The average Bonchev–Trinajstić information content (AvgIpc) is 2.71. The lowest BCUT2D eigenvalue weighted by atomic mass is 9.79. The van der Waals surface area contributed by atoms with Crippen LogP contribution >= 0.6 is 11.6 Å². The van der Waals surface area contributed by atoms with Crippen molar-refractivity contribution < 1.29 is 14.4 Å². The Labute approximate surface area is 173 Å². The molecule has 6 nitrogen and oxygen atoms in total. The molecule has 2 atom stereocenters. The molecule has 0 unspecified atom stereocenters. The number of hydrogen-bond acceptors (Lipinski definition) is 3. The van der Waals surface area contributed by atoms with Gasteiger partial charge in [0.25, 0.3) is 11.8 Å². The summed E-state index contributed by atoms with van der Waals surface area (Å²) in [5.41, 5.74) is 8.01. The lowest BCUT2D eigenvalue weighted by molar-refractivity contribution is -0.119. The molecule has 0 aromatic heterocycles. The van der Waals surface area contributed by atoms with Gasteiger partial charge in [-0.2, -0.15) is 0 Å². The zero-order valence-electron chi connectivity index (χ0n) is 15.7. The fourth-order valence-electron chi connectivity index (χ4n) is 4.26. The molecule has 3 amide bonds. The molecule has 2 aromatic rings. The number of nitrogens with zero attached hydrogens (tertiary/aromatic N) is 2. The SMILES string of the molecule is C=CCN1C[C@@H]2C[C@@H](C(N)=O)N(C(=O)c3ccc(Cl)cc3)c3cccc(c32)C1=O. The van der Waals surface area contributed by atoms with Crippen LogP contribution in [0.3, 0.4) is 0 Å². The first-order chi connectivity index (χ1) is 13.9. The van der Waals surface area contributed by atoms with Crippen molar-refractivity contribution in [2.24, 2.45) is 5.73 Å². The first-order valence-corrected chi connectivity index (χ1v) is 9.71. The molecule has 0 spiro atoms. The van der Waals surface area contributed by atoms with Crippen molar-refractivity contribution in [1.29, 1.82) is 0 Å². The van der Waals surface area contributed by atoms with Gasteiger partial charge in [0.1, 0.15) is 6.04 Å². The molecule has 2 heterocycles. The Balaban J connectivity index is 1.85. The Kier molecular flexibility index (Phi) is 4.88. The van der Waals surface area contributed by atoms with Crippen LogP contribution in [0, 0.1) is 0 Å². The normalized spacial score (nSPS) is 20.2. The van der Waals surface area contributed by atoms with Crippen molar-refractivity contribution in [3.8, 4) is 0 Å². The first-order valence-electron chi connectivity index (χ1n) is 9.34. The predicted octanol–water partition coefficient (Wildman–Crippen LogP) is 2.97. The highest BCUT2D eigenvalue weighted by Gasteiger charge is 2.44. The van der Waals surface area contributed by atoms with Crippen LogP contribution in [-0.4, -0.2) is 41.8 Å². The number of carbonyl (C=O) groups excluding carboxylic acids is 3. The Morgan fingerprint density at radius 3 is 2.59 bits per heavy atom. The van der Waals surface area contributed by atoms with E-state index in [4.69, 9.17) is 17.3 Å². The third-order valence-corrected chi connectivity index (χ3v) is 5.77. The van der Waals surface area contributed by atoms with Crippen molar-refractivity contribution in [2.45, 2.75) is 18.4 Å². The third-order valence-electron chi connectivity index (χ3n) is 5.52. The minimum absolute atomic E-state index is 0.0781. The second-order valence-electron chi connectivity index (χ2n) is 7.27. The van der Waals surface area contributed by atoms with E-state index in [0.717, 1.165) is 5.56 Å². The maximum Gasteiger partial charge on any atom is 0.259 e. The molecule has 148 valence electrons. The highest BCUT2D eigenvalue weighted by atomic mass is 35.5. The molecule has 2 aliphatic rings. The van der Waals surface area contributed by atoms with Crippen LogP contribution in [0.4, 0.5) is 5.69 Å². The maximum absolute atomic E-state index is 13.3. The highest BCUT2D eigenvalue weighted by Crippen LogP contribution is 2.44. The highest BCUT2D eigenvalue weighted by molar-refractivity contribution is 6.30. The maximum atomic E-state index is 13.3. The summed E-state index contributed by atoms with van der Waals surface area (Å²) in [5, 5.41) is 0.511. The fraction of sp³-hybridized carbons (Fsp3) is 0.227. The molecular weight excluding hydrogens is 390 g/mol. The number of rotatable bonds is 4. The standard InChI is InChI=1S/C22H20ClN3O3/c1-2-10-25-12-14-11-18(20(24)27)26(21(28)13-6-8-15(23)9-7-13)17-5-3-4-16(19(14)17)22(25)29/h2-9,14,18H,1,10-12H2,(H2,24,27)/t14-,18-/m0/s1. The van der Waals surface area contributed by atoms with E-state index in [2.05, 4.69) is 6.58 Å². The molecule has 4 rings (SSSR count). The Morgan fingerprint density at radius 2 is 1.93 bits per heavy atom. The van der Waals surface area contributed by atoms with E-state index < -0.39 is 11.9 Å². The van der Waals surface area contributed by atoms with Crippen LogP contribution in [0.2, 0.25) is 5.02 Å². The Morgan fingerprint density at radius 1 is 1.21 bits per heavy atom. The monoisotopic (exact) mass is 409 g/mol. The van der Waals surface area contributed by atoms with Crippen LogP contribution in [0.15, 0.2) is 55.1 Å². The van der Waals surface area contributed by atoms with Crippen molar-refractivity contribution >= 4 is 35.0 Å². The molecule has 2 aliphatic heterocycles. The van der Waals surface area contributed by atoms with E-state index in [1.807, 2.05) is 0 Å². The van der Waals surface area contributed by atoms with Crippen molar-refractivity contribution in [3.63, 3.8) is 0 Å². The number of benzene rings is 2. The van der Waals surface area contributed by atoms with Gasteiger partial charge in [0.15, 0.2) is 0 Å². The fourth-order valence-corrected chi connectivity index (χ4v) is 4.39. The number of carbonyl (C=O) groups is 3. The molecule has 29 heavy (non-hydrogen) atoms. The summed E-state index contributed by atoms with van der Waals surface area (Å²) in [5.74, 6) is -1.10. The van der Waals surface area contributed by atoms with E-state index in [0.29, 0.717) is 41.3 Å². The summed E-state index contributed by atoms with van der Waals surface area (Å²) in [4.78, 5) is 41.7. The second-order valence-corrected chi connectivity index (χ2v) is 7.71. The number of primary amides is 1. The number of hydrogen-bond donors (Lipinski definition) is 1. The van der Waals surface area contributed by atoms with E-state index in [1.54, 1.807) is 53.4 Å². The van der Waals surface area contributed by atoms with Gasteiger partial charge in [0.2, 0.25) is 5.91 Å². The minimum Gasteiger partial charge on any atom is -0.368 e. The molecular formula is C22H20ClN3O3. The number of amides is 3. The minimum atomic E-state index is -0.801. The van der Waals surface area contributed by atoms with E-state index >= 15 is 0 Å². The average molecular weight is 410 g/mol.